The van der Waals surface area contributed by atoms with Crippen LogP contribution in [0.15, 0.2) is 60.7 Å². The van der Waals surface area contributed by atoms with Crippen molar-refractivity contribution in [3.63, 3.8) is 0 Å². The summed E-state index contributed by atoms with van der Waals surface area (Å²) in [4.78, 5) is 21.7. The van der Waals surface area contributed by atoms with Crippen LogP contribution in [0.25, 0.3) is 0 Å². The Labute approximate surface area is 132 Å². The lowest BCUT2D eigenvalue weighted by Crippen LogP contribution is -2.21. The number of ether oxygens (including phenoxy) is 1. The summed E-state index contributed by atoms with van der Waals surface area (Å²) in [6, 6.07) is 20.2. The van der Waals surface area contributed by atoms with Crippen LogP contribution in [0.2, 0.25) is 0 Å². The molecular formula is C18H20O3P+. The first-order chi connectivity index (χ1) is 10.7. The summed E-state index contributed by atoms with van der Waals surface area (Å²) in [5.74, 6) is -0.201. The van der Waals surface area contributed by atoms with Crippen LogP contribution in [-0.2, 0) is 9.53 Å². The van der Waals surface area contributed by atoms with Gasteiger partial charge in [-0.1, -0.05) is 60.7 Å². The minimum absolute atomic E-state index is 0.0354. The third-order valence-corrected chi connectivity index (χ3v) is 5.65. The lowest BCUT2D eigenvalue weighted by atomic mass is 10.3. The lowest BCUT2D eigenvalue weighted by molar-refractivity contribution is -0.141. The topological polar surface area (TPSA) is 47.7 Å². The van der Waals surface area contributed by atoms with E-state index in [1.165, 1.54) is 10.6 Å². The van der Waals surface area contributed by atoms with Gasteiger partial charge < -0.3 is 4.74 Å². The molecule has 3 nitrogen and oxygen atoms in total. The highest BCUT2D eigenvalue weighted by Gasteiger charge is 2.23. The Morgan fingerprint density at radius 3 is 1.95 bits per heavy atom. The van der Waals surface area contributed by atoms with E-state index in [0.717, 1.165) is 0 Å². The molecule has 1 N–H and O–H groups in total. The lowest BCUT2D eigenvalue weighted by Gasteiger charge is -2.16. The van der Waals surface area contributed by atoms with Gasteiger partial charge in [0.15, 0.2) is 6.42 Å². The molecule has 2 aromatic carbocycles. The maximum atomic E-state index is 11.5. The van der Waals surface area contributed by atoms with Gasteiger partial charge in [-0.25, -0.2) is 0 Å². The van der Waals surface area contributed by atoms with Gasteiger partial charge >= 0.3 is 11.8 Å². The smallest absolute Gasteiger partial charge is 0.319 e. The molecule has 4 heteroatoms. The first-order valence-electron chi connectivity index (χ1n) is 7.27. The molecule has 0 radical (unpaired) electrons. The normalized spacial score (nSPS) is 10.5. The zero-order valence-electron chi connectivity index (χ0n) is 12.6. The molecule has 2 aromatic rings. The summed E-state index contributed by atoms with van der Waals surface area (Å²) < 4.78 is 4.89. The second kappa shape index (κ2) is 8.45. The summed E-state index contributed by atoms with van der Waals surface area (Å²) in [6.07, 6.45) is 0.439. The van der Waals surface area contributed by atoms with Crippen LogP contribution in [0.3, 0.4) is 0 Å². The molecule has 0 amide bonds. The predicted octanol–water partition coefficient (Wildman–Crippen LogP) is 2.62. The molecular weight excluding hydrogens is 295 g/mol. The largest absolute Gasteiger partial charge is 0.465 e. The Hall–Kier alpha value is -1.99. The Balaban J connectivity index is 2.16. The van der Waals surface area contributed by atoms with Crippen molar-refractivity contribution in [2.75, 3.05) is 12.8 Å². The average molecular weight is 315 g/mol. The molecule has 22 heavy (non-hydrogen) atoms. The number of carbonyl (C=O) groups excluding carboxylic acids is 2. The van der Waals surface area contributed by atoms with E-state index in [-0.39, 0.29) is 18.2 Å². The van der Waals surface area contributed by atoms with Crippen LogP contribution in [0, 0.1) is 0 Å². The third kappa shape index (κ3) is 4.78. The number of ketones is 1. The molecule has 0 unspecified atom stereocenters. The fraction of sp³-hybridized carbons (Fsp3) is 0.222. The summed E-state index contributed by atoms with van der Waals surface area (Å²) >= 11 is 0. The maximum absolute atomic E-state index is 11.5. The fourth-order valence-corrected chi connectivity index (χ4v) is 4.37. The molecule has 0 aliphatic carbocycles. The molecule has 0 aliphatic heterocycles. The van der Waals surface area contributed by atoms with Crippen LogP contribution in [0.5, 0.6) is 0 Å². The van der Waals surface area contributed by atoms with Gasteiger partial charge in [0.25, 0.3) is 0 Å². The van der Waals surface area contributed by atoms with Gasteiger partial charge in [0.2, 0.25) is 0 Å². The van der Waals surface area contributed by atoms with Crippen molar-refractivity contribution in [1.82, 2.24) is 0 Å². The highest BCUT2D eigenvalue weighted by molar-refractivity contribution is 7.73. The first-order valence-corrected chi connectivity index (χ1v) is 8.80. The number of carbonyl (C=O) groups is 1. The minimum Gasteiger partial charge on any atom is -0.465 e. The predicted molar refractivity (Wildman–Crippen MR) is 92.1 cm³/mol. The van der Waals surface area contributed by atoms with Gasteiger partial charge in [-0.2, -0.15) is 0 Å². The average Bonchev–Trinajstić information content (AvgIpc) is 2.54. The van der Waals surface area contributed by atoms with Crippen molar-refractivity contribution in [3.8, 4) is 0 Å². The highest BCUT2D eigenvalue weighted by atomic mass is 31.1. The molecule has 2 rings (SSSR count). The van der Waals surface area contributed by atoms with E-state index in [1.807, 2.05) is 36.4 Å². The zero-order valence-corrected chi connectivity index (χ0v) is 13.5. The summed E-state index contributed by atoms with van der Waals surface area (Å²) in [6.45, 7) is 2.09. The van der Waals surface area contributed by atoms with Gasteiger partial charge in [0, 0.05) is 0 Å². The zero-order chi connectivity index (χ0) is 15.8. The standard InChI is InChI=1S/C18H19O3P/c1-2-21-18(20)13-15(19)14-22(16-9-5-3-6-10-16)17-11-7-4-8-12-17/h3-12H,2,13-14H2,1H3/p+1. The summed E-state index contributed by atoms with van der Waals surface area (Å²) in [5, 5.41) is 2.36. The van der Waals surface area contributed by atoms with Gasteiger partial charge in [-0.15, -0.1) is 0 Å². The van der Waals surface area contributed by atoms with Gasteiger partial charge in [-0.3, -0.25) is 9.59 Å². The molecule has 0 aliphatic rings. The fourth-order valence-electron chi connectivity index (χ4n) is 2.16. The summed E-state index contributed by atoms with van der Waals surface area (Å²) in [7, 11) is -0.725. The van der Waals surface area contributed by atoms with Crippen molar-refractivity contribution in [1.29, 1.82) is 0 Å². The van der Waals surface area contributed by atoms with Crippen LogP contribution in [0.1, 0.15) is 13.3 Å². The Bertz CT molecular complexity index is 571. The number of benzene rings is 2. The van der Waals surface area contributed by atoms with E-state index in [0.29, 0.717) is 12.8 Å². The molecule has 0 heterocycles. The highest BCUT2D eigenvalue weighted by Crippen LogP contribution is 2.33. The number of hydrogen-bond acceptors (Lipinski definition) is 2. The van der Waals surface area contributed by atoms with E-state index in [1.54, 1.807) is 6.92 Å². The summed E-state index contributed by atoms with van der Waals surface area (Å²) in [5.41, 5.74) is 0. The Morgan fingerprint density at radius 2 is 1.50 bits per heavy atom. The van der Waals surface area contributed by atoms with Crippen LogP contribution in [-0.4, -0.2) is 29.3 Å². The number of hydrogen-bond donors (Lipinski definition) is 0. The van der Waals surface area contributed by atoms with E-state index in [9.17, 15) is 9.59 Å². The van der Waals surface area contributed by atoms with Gasteiger partial charge in [-0.05, 0) is 25.5 Å². The van der Waals surface area contributed by atoms with Crippen molar-refractivity contribution in [3.05, 3.63) is 60.7 Å². The molecule has 114 valence electrons. The SMILES string of the molecule is CCOC(=O)CC(=[OH+])CP(c1ccccc1)c1ccccc1. The third-order valence-electron chi connectivity index (χ3n) is 3.13. The van der Waals surface area contributed by atoms with Crippen molar-refractivity contribution in [2.45, 2.75) is 13.3 Å². The van der Waals surface area contributed by atoms with Crippen molar-refractivity contribution >= 4 is 30.3 Å². The van der Waals surface area contributed by atoms with Gasteiger partial charge in [0.1, 0.15) is 0 Å². The van der Waals surface area contributed by atoms with Crippen LogP contribution >= 0.6 is 7.92 Å². The van der Waals surface area contributed by atoms with Crippen LogP contribution < -0.4 is 10.6 Å². The van der Waals surface area contributed by atoms with Crippen LogP contribution in [0.4, 0.5) is 0 Å². The van der Waals surface area contributed by atoms with E-state index < -0.39 is 7.92 Å². The molecule has 0 atom stereocenters. The Kier molecular flexibility index (Phi) is 6.29. The van der Waals surface area contributed by atoms with Crippen molar-refractivity contribution in [2.24, 2.45) is 0 Å². The van der Waals surface area contributed by atoms with E-state index in [4.69, 9.17) is 4.74 Å². The van der Waals surface area contributed by atoms with E-state index >= 15 is 0 Å². The first kappa shape index (κ1) is 16.4. The maximum Gasteiger partial charge on any atom is 0.319 e. The molecule has 0 bridgehead atoms. The Morgan fingerprint density at radius 1 is 1.00 bits per heavy atom. The monoisotopic (exact) mass is 315 g/mol. The second-order valence-electron chi connectivity index (χ2n) is 4.81. The molecule has 0 saturated carbocycles. The van der Waals surface area contributed by atoms with E-state index in [2.05, 4.69) is 24.3 Å². The number of rotatable bonds is 7. The minimum atomic E-state index is -0.725. The molecule has 0 saturated heterocycles. The quantitative estimate of drug-likeness (QED) is 0.341. The second-order valence-corrected chi connectivity index (χ2v) is 7.01. The van der Waals surface area contributed by atoms with Gasteiger partial charge in [0.05, 0.1) is 12.8 Å². The molecule has 0 fully saturated rings. The number of esters is 1. The molecule has 0 spiro atoms. The molecule has 0 aromatic heterocycles. The van der Waals surface area contributed by atoms with Crippen molar-refractivity contribution < 1.29 is 14.3 Å².